The van der Waals surface area contributed by atoms with Gasteiger partial charge < -0.3 is 10.2 Å². The second-order valence-corrected chi connectivity index (χ2v) is 7.89. The lowest BCUT2D eigenvalue weighted by atomic mass is 10.1. The summed E-state index contributed by atoms with van der Waals surface area (Å²) in [6, 6.07) is 19.0. The number of benzene rings is 2. The molecule has 0 atom stereocenters. The Kier molecular flexibility index (Phi) is 6.31. The van der Waals surface area contributed by atoms with E-state index in [-0.39, 0.29) is 18.4 Å². The van der Waals surface area contributed by atoms with Crippen molar-refractivity contribution in [2.24, 2.45) is 0 Å². The Balaban J connectivity index is 1.60. The normalized spacial score (nSPS) is 10.6. The standard InChI is InChI=1S/C26H25N5O2/c1-18-9-7-10-19(2)24(18)28-23(32)17-30(3)26(33)22-16-31(21-12-5-4-6-13-21)29-25(22)20-11-8-14-27-15-20/h4-16H,17H2,1-3H3,(H,28,32). The highest BCUT2D eigenvalue weighted by molar-refractivity contribution is 6.03. The molecule has 4 aromatic rings. The summed E-state index contributed by atoms with van der Waals surface area (Å²) in [6.45, 7) is 3.79. The van der Waals surface area contributed by atoms with Gasteiger partial charge in [0.05, 0.1) is 17.8 Å². The lowest BCUT2D eigenvalue weighted by Gasteiger charge is -2.18. The number of likely N-dealkylation sites (N-methyl/N-ethyl adjacent to an activating group) is 1. The Hall–Kier alpha value is -4.26. The molecule has 0 saturated heterocycles. The number of anilines is 1. The van der Waals surface area contributed by atoms with Crippen LogP contribution in [0.1, 0.15) is 21.5 Å². The van der Waals surface area contributed by atoms with Crippen LogP contribution >= 0.6 is 0 Å². The minimum atomic E-state index is -0.298. The van der Waals surface area contributed by atoms with Crippen LogP contribution in [0.2, 0.25) is 0 Å². The molecule has 2 heterocycles. The number of nitrogens with one attached hydrogen (secondary N) is 1. The van der Waals surface area contributed by atoms with Crippen molar-refractivity contribution in [3.8, 4) is 16.9 Å². The van der Waals surface area contributed by atoms with E-state index in [0.29, 0.717) is 11.3 Å². The smallest absolute Gasteiger partial charge is 0.257 e. The molecule has 0 unspecified atom stereocenters. The lowest BCUT2D eigenvalue weighted by molar-refractivity contribution is -0.116. The first kappa shape index (κ1) is 22.0. The Morgan fingerprint density at radius 3 is 2.36 bits per heavy atom. The van der Waals surface area contributed by atoms with Crippen LogP contribution in [-0.4, -0.2) is 45.1 Å². The minimum absolute atomic E-state index is 0.0877. The second kappa shape index (κ2) is 9.48. The Bertz CT molecular complexity index is 1260. The quantitative estimate of drug-likeness (QED) is 0.487. The molecule has 0 radical (unpaired) electrons. The van der Waals surface area contributed by atoms with Gasteiger partial charge >= 0.3 is 0 Å². The number of amides is 2. The third-order valence-corrected chi connectivity index (χ3v) is 5.37. The van der Waals surface area contributed by atoms with Crippen molar-refractivity contribution in [2.45, 2.75) is 13.8 Å². The molecule has 2 aromatic carbocycles. The highest BCUT2D eigenvalue weighted by atomic mass is 16.2. The zero-order chi connectivity index (χ0) is 23.4. The summed E-state index contributed by atoms with van der Waals surface area (Å²) in [7, 11) is 1.61. The molecule has 0 aliphatic carbocycles. The minimum Gasteiger partial charge on any atom is -0.332 e. The molecular formula is C26H25N5O2. The number of aromatic nitrogens is 3. The van der Waals surface area contributed by atoms with Crippen molar-refractivity contribution < 1.29 is 9.59 Å². The van der Waals surface area contributed by atoms with Crippen molar-refractivity contribution in [3.63, 3.8) is 0 Å². The predicted octanol–water partition coefficient (Wildman–Crippen LogP) is 4.26. The third-order valence-electron chi connectivity index (χ3n) is 5.37. The summed E-state index contributed by atoms with van der Waals surface area (Å²) in [5.74, 6) is -0.561. The van der Waals surface area contributed by atoms with Gasteiger partial charge in [0.1, 0.15) is 5.69 Å². The van der Waals surface area contributed by atoms with Gasteiger partial charge in [0.15, 0.2) is 0 Å². The maximum atomic E-state index is 13.4. The molecule has 0 fully saturated rings. The monoisotopic (exact) mass is 439 g/mol. The highest BCUT2D eigenvalue weighted by Gasteiger charge is 2.23. The molecule has 2 amide bonds. The van der Waals surface area contributed by atoms with Gasteiger partial charge in [-0.25, -0.2) is 4.68 Å². The van der Waals surface area contributed by atoms with Gasteiger partial charge in [-0.1, -0.05) is 36.4 Å². The molecule has 0 aliphatic heterocycles. The summed E-state index contributed by atoms with van der Waals surface area (Å²) in [6.07, 6.45) is 5.03. The first-order chi connectivity index (χ1) is 15.9. The van der Waals surface area contributed by atoms with Crippen molar-refractivity contribution in [2.75, 3.05) is 18.9 Å². The average molecular weight is 440 g/mol. The summed E-state index contributed by atoms with van der Waals surface area (Å²) in [4.78, 5) is 31.6. The molecule has 1 N–H and O–H groups in total. The van der Waals surface area contributed by atoms with Gasteiger partial charge in [-0.2, -0.15) is 5.10 Å². The molecule has 0 spiro atoms. The van der Waals surface area contributed by atoms with Gasteiger partial charge in [-0.3, -0.25) is 14.6 Å². The predicted molar refractivity (Wildman–Crippen MR) is 128 cm³/mol. The fourth-order valence-electron chi connectivity index (χ4n) is 3.64. The molecule has 4 rings (SSSR count). The maximum absolute atomic E-state index is 13.4. The summed E-state index contributed by atoms with van der Waals surface area (Å²) < 4.78 is 1.67. The number of carbonyl (C=O) groups is 2. The molecule has 0 aliphatic rings. The van der Waals surface area contributed by atoms with Gasteiger partial charge in [0, 0.05) is 36.9 Å². The Labute approximate surface area is 192 Å². The van der Waals surface area contributed by atoms with Gasteiger partial charge in [-0.15, -0.1) is 0 Å². The van der Waals surface area contributed by atoms with Crippen molar-refractivity contribution >= 4 is 17.5 Å². The SMILES string of the molecule is Cc1cccc(C)c1NC(=O)CN(C)C(=O)c1cn(-c2ccccc2)nc1-c1cccnc1. The fraction of sp³-hybridized carbons (Fsp3) is 0.154. The van der Waals surface area contributed by atoms with Crippen LogP contribution in [0, 0.1) is 13.8 Å². The van der Waals surface area contributed by atoms with Crippen molar-refractivity contribution in [1.82, 2.24) is 19.7 Å². The van der Waals surface area contributed by atoms with E-state index in [4.69, 9.17) is 0 Å². The van der Waals surface area contributed by atoms with Crippen LogP contribution in [-0.2, 0) is 4.79 Å². The molecule has 166 valence electrons. The fourth-order valence-corrected chi connectivity index (χ4v) is 3.64. The Morgan fingerprint density at radius 1 is 0.970 bits per heavy atom. The van der Waals surface area contributed by atoms with Crippen molar-refractivity contribution in [3.05, 3.63) is 95.9 Å². The average Bonchev–Trinajstić information content (AvgIpc) is 3.28. The molecule has 33 heavy (non-hydrogen) atoms. The molecule has 0 bridgehead atoms. The number of hydrogen-bond acceptors (Lipinski definition) is 4. The second-order valence-electron chi connectivity index (χ2n) is 7.89. The van der Waals surface area contributed by atoms with Gasteiger partial charge in [0.25, 0.3) is 5.91 Å². The molecular weight excluding hydrogens is 414 g/mol. The summed E-state index contributed by atoms with van der Waals surface area (Å²) >= 11 is 0. The largest absolute Gasteiger partial charge is 0.332 e. The molecule has 0 saturated carbocycles. The van der Waals surface area contributed by atoms with E-state index in [1.807, 2.05) is 68.4 Å². The number of hydrogen-bond donors (Lipinski definition) is 1. The Morgan fingerprint density at radius 2 is 1.70 bits per heavy atom. The summed E-state index contributed by atoms with van der Waals surface area (Å²) in [5, 5.41) is 7.58. The first-order valence-electron chi connectivity index (χ1n) is 10.6. The number of aryl methyl sites for hydroxylation is 2. The van der Waals surface area contributed by atoms with Crippen LogP contribution in [0.3, 0.4) is 0 Å². The van der Waals surface area contributed by atoms with Crippen LogP contribution in [0.15, 0.2) is 79.3 Å². The van der Waals surface area contributed by atoms with Gasteiger partial charge in [0.2, 0.25) is 5.91 Å². The van der Waals surface area contributed by atoms with E-state index in [1.165, 1.54) is 4.90 Å². The van der Waals surface area contributed by atoms with E-state index in [0.717, 1.165) is 28.1 Å². The number of para-hydroxylation sites is 2. The zero-order valence-electron chi connectivity index (χ0n) is 18.8. The van der Waals surface area contributed by atoms with E-state index in [1.54, 1.807) is 36.4 Å². The topological polar surface area (TPSA) is 80.1 Å². The van der Waals surface area contributed by atoms with Gasteiger partial charge in [-0.05, 0) is 49.2 Å². The molecule has 7 nitrogen and oxygen atoms in total. The number of nitrogens with zero attached hydrogens (tertiary/aromatic N) is 4. The van der Waals surface area contributed by atoms with Crippen LogP contribution in [0.4, 0.5) is 5.69 Å². The van der Waals surface area contributed by atoms with E-state index in [9.17, 15) is 9.59 Å². The highest BCUT2D eigenvalue weighted by Crippen LogP contribution is 2.24. The molecule has 2 aromatic heterocycles. The van der Waals surface area contributed by atoms with Crippen LogP contribution in [0.5, 0.6) is 0 Å². The number of carbonyl (C=O) groups excluding carboxylic acids is 2. The first-order valence-corrected chi connectivity index (χ1v) is 10.6. The maximum Gasteiger partial charge on any atom is 0.257 e. The van der Waals surface area contributed by atoms with E-state index in [2.05, 4.69) is 15.4 Å². The zero-order valence-corrected chi connectivity index (χ0v) is 18.8. The van der Waals surface area contributed by atoms with Crippen LogP contribution in [0.25, 0.3) is 16.9 Å². The number of pyridine rings is 1. The van der Waals surface area contributed by atoms with E-state index < -0.39 is 0 Å². The third kappa shape index (κ3) is 4.82. The van der Waals surface area contributed by atoms with Crippen molar-refractivity contribution in [1.29, 1.82) is 0 Å². The molecule has 7 heteroatoms. The number of rotatable bonds is 6. The lowest BCUT2D eigenvalue weighted by Crippen LogP contribution is -2.35. The van der Waals surface area contributed by atoms with Crippen LogP contribution < -0.4 is 5.32 Å². The summed E-state index contributed by atoms with van der Waals surface area (Å²) in [5.41, 5.74) is 5.19. The van der Waals surface area contributed by atoms with E-state index >= 15 is 0 Å².